The van der Waals surface area contributed by atoms with Crippen LogP contribution in [0.5, 0.6) is 0 Å². The van der Waals surface area contributed by atoms with Gasteiger partial charge in [-0.1, -0.05) is 13.8 Å². The molecule has 1 aliphatic rings. The van der Waals surface area contributed by atoms with Crippen LogP contribution in [0, 0.1) is 17.8 Å². The van der Waals surface area contributed by atoms with Gasteiger partial charge in [-0.05, 0) is 30.7 Å². The maximum Gasteiger partial charge on any atom is 0.0608 e. The predicted octanol–water partition coefficient (Wildman–Crippen LogP) is 0.598. The Balaban J connectivity index is 2.27. The normalized spacial score (nSPS) is 37.2. The summed E-state index contributed by atoms with van der Waals surface area (Å²) in [6, 6.07) is 0. The first-order valence-electron chi connectivity index (χ1n) is 4.05. The van der Waals surface area contributed by atoms with Gasteiger partial charge in [0, 0.05) is 0 Å². The number of hydrogen-bond acceptors (Lipinski definition) is 2. The minimum atomic E-state index is -0.153. The second kappa shape index (κ2) is 2.89. The lowest BCUT2D eigenvalue weighted by Crippen LogP contribution is -2.27. The van der Waals surface area contributed by atoms with Crippen LogP contribution in [0.25, 0.3) is 0 Å². The lowest BCUT2D eigenvalue weighted by atomic mass is 10.0. The van der Waals surface area contributed by atoms with Crippen molar-refractivity contribution in [3.63, 3.8) is 0 Å². The van der Waals surface area contributed by atoms with Crippen LogP contribution in [-0.4, -0.2) is 17.8 Å². The van der Waals surface area contributed by atoms with Crippen molar-refractivity contribution in [3.05, 3.63) is 0 Å². The molecular formula is C8H17NO. The summed E-state index contributed by atoms with van der Waals surface area (Å²) in [5, 5.41) is 9.55. The summed E-state index contributed by atoms with van der Waals surface area (Å²) in [4.78, 5) is 0. The van der Waals surface area contributed by atoms with Gasteiger partial charge >= 0.3 is 0 Å². The Bertz CT molecular complexity index is 112. The van der Waals surface area contributed by atoms with Gasteiger partial charge in [-0.3, -0.25) is 0 Å². The molecule has 0 aromatic rings. The number of nitrogens with two attached hydrogens (primary N) is 1. The van der Waals surface area contributed by atoms with Crippen LogP contribution in [0.3, 0.4) is 0 Å². The van der Waals surface area contributed by atoms with Crippen LogP contribution >= 0.6 is 0 Å². The lowest BCUT2D eigenvalue weighted by molar-refractivity contribution is 0.0940. The Kier molecular flexibility index (Phi) is 2.32. The highest BCUT2D eigenvalue weighted by molar-refractivity contribution is 4.90. The number of hydrogen-bond donors (Lipinski definition) is 2. The van der Waals surface area contributed by atoms with Crippen molar-refractivity contribution >= 4 is 0 Å². The fourth-order valence-electron chi connectivity index (χ4n) is 1.39. The van der Waals surface area contributed by atoms with Crippen molar-refractivity contribution in [1.29, 1.82) is 0 Å². The zero-order valence-corrected chi connectivity index (χ0v) is 6.75. The van der Waals surface area contributed by atoms with Gasteiger partial charge in [0.2, 0.25) is 0 Å². The standard InChI is InChI=1S/C8H17NO/c1-5-3-7(5)8(10)6(2)4-9/h5-8,10H,3-4,9H2,1-2H3. The molecule has 0 heterocycles. The van der Waals surface area contributed by atoms with Gasteiger partial charge in [0.05, 0.1) is 6.10 Å². The smallest absolute Gasteiger partial charge is 0.0608 e. The average molecular weight is 143 g/mol. The molecule has 0 saturated heterocycles. The summed E-state index contributed by atoms with van der Waals surface area (Å²) in [6.07, 6.45) is 1.03. The Morgan fingerprint density at radius 1 is 1.70 bits per heavy atom. The van der Waals surface area contributed by atoms with Crippen LogP contribution in [0.4, 0.5) is 0 Å². The fourth-order valence-corrected chi connectivity index (χ4v) is 1.39. The first-order chi connectivity index (χ1) is 4.66. The first kappa shape index (κ1) is 8.02. The molecule has 0 spiro atoms. The van der Waals surface area contributed by atoms with E-state index in [0.717, 1.165) is 5.92 Å². The summed E-state index contributed by atoms with van der Waals surface area (Å²) >= 11 is 0. The molecule has 0 aliphatic heterocycles. The second-order valence-corrected chi connectivity index (χ2v) is 3.58. The molecule has 0 amide bonds. The van der Waals surface area contributed by atoms with Crippen molar-refractivity contribution in [2.45, 2.75) is 26.4 Å². The van der Waals surface area contributed by atoms with E-state index in [1.165, 1.54) is 6.42 Å². The highest BCUT2D eigenvalue weighted by Crippen LogP contribution is 2.42. The maximum absolute atomic E-state index is 9.55. The maximum atomic E-state index is 9.55. The Morgan fingerprint density at radius 3 is 2.50 bits per heavy atom. The third-order valence-electron chi connectivity index (χ3n) is 2.57. The van der Waals surface area contributed by atoms with E-state index < -0.39 is 0 Å². The largest absolute Gasteiger partial charge is 0.393 e. The van der Waals surface area contributed by atoms with E-state index in [4.69, 9.17) is 5.73 Å². The SMILES string of the molecule is CC(CN)C(O)C1CC1C. The number of aliphatic hydroxyl groups is 1. The highest BCUT2D eigenvalue weighted by atomic mass is 16.3. The quantitative estimate of drug-likeness (QED) is 0.607. The van der Waals surface area contributed by atoms with E-state index in [1.54, 1.807) is 0 Å². The Hall–Kier alpha value is -0.0800. The molecule has 60 valence electrons. The molecule has 10 heavy (non-hydrogen) atoms. The van der Waals surface area contributed by atoms with Gasteiger partial charge in [-0.25, -0.2) is 0 Å². The molecule has 4 unspecified atom stereocenters. The lowest BCUT2D eigenvalue weighted by Gasteiger charge is -2.15. The molecule has 0 aromatic heterocycles. The Morgan fingerprint density at radius 2 is 2.20 bits per heavy atom. The van der Waals surface area contributed by atoms with E-state index in [0.29, 0.717) is 12.5 Å². The summed E-state index contributed by atoms with van der Waals surface area (Å²) in [5.74, 6) is 1.54. The number of aliphatic hydroxyl groups excluding tert-OH is 1. The van der Waals surface area contributed by atoms with E-state index in [1.807, 2.05) is 6.92 Å². The average Bonchev–Trinajstić information content (AvgIpc) is 2.63. The van der Waals surface area contributed by atoms with Gasteiger partial charge in [-0.15, -0.1) is 0 Å². The van der Waals surface area contributed by atoms with Crippen LogP contribution in [0.15, 0.2) is 0 Å². The van der Waals surface area contributed by atoms with Crippen LogP contribution in [0.1, 0.15) is 20.3 Å². The number of rotatable bonds is 3. The zero-order valence-electron chi connectivity index (χ0n) is 6.75. The van der Waals surface area contributed by atoms with E-state index >= 15 is 0 Å². The molecule has 1 rings (SSSR count). The van der Waals surface area contributed by atoms with Gasteiger partial charge in [0.15, 0.2) is 0 Å². The third-order valence-corrected chi connectivity index (χ3v) is 2.57. The monoisotopic (exact) mass is 143 g/mol. The molecular weight excluding hydrogens is 126 g/mol. The van der Waals surface area contributed by atoms with Crippen molar-refractivity contribution in [2.75, 3.05) is 6.54 Å². The molecule has 2 heteroatoms. The van der Waals surface area contributed by atoms with Gasteiger partial charge in [-0.2, -0.15) is 0 Å². The van der Waals surface area contributed by atoms with E-state index in [2.05, 4.69) is 6.92 Å². The zero-order chi connectivity index (χ0) is 7.72. The van der Waals surface area contributed by atoms with Crippen LogP contribution < -0.4 is 5.73 Å². The molecule has 1 aliphatic carbocycles. The third kappa shape index (κ3) is 1.50. The van der Waals surface area contributed by atoms with Gasteiger partial charge < -0.3 is 10.8 Å². The molecule has 1 saturated carbocycles. The van der Waals surface area contributed by atoms with Crippen molar-refractivity contribution in [3.8, 4) is 0 Å². The van der Waals surface area contributed by atoms with Crippen LogP contribution in [-0.2, 0) is 0 Å². The van der Waals surface area contributed by atoms with Crippen molar-refractivity contribution in [2.24, 2.45) is 23.5 Å². The molecule has 0 radical (unpaired) electrons. The second-order valence-electron chi connectivity index (χ2n) is 3.58. The topological polar surface area (TPSA) is 46.2 Å². The Labute approximate surface area is 62.4 Å². The fraction of sp³-hybridized carbons (Fsp3) is 1.00. The summed E-state index contributed by atoms with van der Waals surface area (Å²) in [6.45, 7) is 4.79. The minimum absolute atomic E-state index is 0.153. The van der Waals surface area contributed by atoms with Crippen molar-refractivity contribution in [1.82, 2.24) is 0 Å². The molecule has 2 nitrogen and oxygen atoms in total. The first-order valence-corrected chi connectivity index (χ1v) is 4.05. The van der Waals surface area contributed by atoms with Crippen molar-refractivity contribution < 1.29 is 5.11 Å². The predicted molar refractivity (Wildman–Crippen MR) is 41.5 cm³/mol. The van der Waals surface area contributed by atoms with Gasteiger partial charge in [0.1, 0.15) is 0 Å². The summed E-state index contributed by atoms with van der Waals surface area (Å²) in [5.41, 5.74) is 5.42. The summed E-state index contributed by atoms with van der Waals surface area (Å²) in [7, 11) is 0. The molecule has 3 N–H and O–H groups in total. The van der Waals surface area contributed by atoms with E-state index in [9.17, 15) is 5.11 Å². The molecule has 1 fully saturated rings. The van der Waals surface area contributed by atoms with Crippen LogP contribution in [0.2, 0.25) is 0 Å². The molecule has 0 aromatic carbocycles. The summed E-state index contributed by atoms with van der Waals surface area (Å²) < 4.78 is 0. The minimum Gasteiger partial charge on any atom is -0.393 e. The molecule has 4 atom stereocenters. The van der Waals surface area contributed by atoms with Gasteiger partial charge in [0.25, 0.3) is 0 Å². The highest BCUT2D eigenvalue weighted by Gasteiger charge is 2.40. The molecule has 0 bridgehead atoms. The van der Waals surface area contributed by atoms with E-state index in [-0.39, 0.29) is 12.0 Å².